The number of hydrogen-bond donors (Lipinski definition) is 0. The first-order valence-corrected chi connectivity index (χ1v) is 14.9. The number of likely N-dealkylation sites (tertiary alicyclic amines) is 1. The van der Waals surface area contributed by atoms with Gasteiger partial charge in [0.15, 0.2) is 8.32 Å². The predicted molar refractivity (Wildman–Crippen MR) is 134 cm³/mol. The van der Waals surface area contributed by atoms with Gasteiger partial charge in [-0.2, -0.15) is 0 Å². The Labute approximate surface area is 193 Å². The van der Waals surface area contributed by atoms with Crippen molar-refractivity contribution in [3.05, 3.63) is 65.8 Å². The molecule has 1 fully saturated rings. The zero-order valence-electron chi connectivity index (χ0n) is 20.1. The number of hydrogen-bond acceptors (Lipinski definition) is 3. The molecule has 1 aliphatic carbocycles. The molecule has 32 heavy (non-hydrogen) atoms. The largest absolute Gasteiger partial charge is 0.413 e. The van der Waals surface area contributed by atoms with Gasteiger partial charge in [0.05, 0.1) is 12.6 Å². The van der Waals surface area contributed by atoms with Crippen LogP contribution in [0, 0.1) is 0 Å². The van der Waals surface area contributed by atoms with Crippen molar-refractivity contribution < 1.29 is 9.22 Å². The summed E-state index contributed by atoms with van der Waals surface area (Å²) in [6.07, 6.45) is 12.8. The van der Waals surface area contributed by atoms with Gasteiger partial charge in [0.1, 0.15) is 0 Å². The number of anilines is 1. The van der Waals surface area contributed by atoms with Gasteiger partial charge in [0, 0.05) is 29.8 Å². The highest BCUT2D eigenvalue weighted by atomic mass is 28.4. The summed E-state index contributed by atoms with van der Waals surface area (Å²) in [5, 5.41) is 0.238. The van der Waals surface area contributed by atoms with Crippen molar-refractivity contribution in [2.24, 2.45) is 0 Å². The number of nitrogens with zero attached hydrogens (tertiary/aromatic N) is 2. The Hall–Kier alpha value is -1.95. The molecule has 1 amide bonds. The van der Waals surface area contributed by atoms with Crippen LogP contribution in [-0.2, 0) is 14.6 Å². The molecule has 0 unspecified atom stereocenters. The SMILES string of the molecule is CC(C)(C)[Si](C)(C)OC/C=C/CN1CC[C@@]23c4ccccc4N4C(=O)C=CC(=CC[C@H]12)[C@H]43. The highest BCUT2D eigenvalue weighted by molar-refractivity contribution is 6.74. The summed E-state index contributed by atoms with van der Waals surface area (Å²) in [6, 6.07) is 9.17. The molecule has 5 rings (SSSR count). The van der Waals surface area contributed by atoms with Crippen LogP contribution in [0.4, 0.5) is 5.69 Å². The molecular weight excluding hydrogens is 412 g/mol. The van der Waals surface area contributed by atoms with Gasteiger partial charge in [-0.05, 0) is 54.7 Å². The number of rotatable bonds is 5. The van der Waals surface area contributed by atoms with Crippen molar-refractivity contribution in [3.8, 4) is 0 Å². The minimum atomic E-state index is -1.71. The van der Waals surface area contributed by atoms with Crippen molar-refractivity contribution in [3.63, 3.8) is 0 Å². The third kappa shape index (κ3) is 3.12. The molecule has 170 valence electrons. The van der Waals surface area contributed by atoms with E-state index >= 15 is 0 Å². The fourth-order valence-electron chi connectivity index (χ4n) is 5.99. The number of carbonyl (C=O) groups is 1. The maximum Gasteiger partial charge on any atom is 0.251 e. The average Bonchev–Trinajstić information content (AvgIpc) is 3.27. The van der Waals surface area contributed by atoms with Crippen molar-refractivity contribution in [2.75, 3.05) is 24.6 Å². The van der Waals surface area contributed by atoms with Gasteiger partial charge in [0.25, 0.3) is 5.91 Å². The lowest BCUT2D eigenvalue weighted by Crippen LogP contribution is -2.57. The molecule has 1 spiro atoms. The normalized spacial score (nSPS) is 29.3. The quantitative estimate of drug-likeness (QED) is 0.459. The van der Waals surface area contributed by atoms with Gasteiger partial charge >= 0.3 is 0 Å². The van der Waals surface area contributed by atoms with Crippen LogP contribution in [0.15, 0.2) is 60.2 Å². The summed E-state index contributed by atoms with van der Waals surface area (Å²) in [5.74, 6) is 0.123. The van der Waals surface area contributed by atoms with E-state index in [9.17, 15) is 4.79 Å². The lowest BCUT2D eigenvalue weighted by Gasteiger charge is -2.46. The van der Waals surface area contributed by atoms with Crippen LogP contribution in [0.25, 0.3) is 0 Å². The predicted octanol–water partition coefficient (Wildman–Crippen LogP) is 5.19. The second-order valence-electron chi connectivity index (χ2n) is 11.2. The molecule has 0 aromatic heterocycles. The zero-order valence-corrected chi connectivity index (χ0v) is 21.1. The van der Waals surface area contributed by atoms with Crippen molar-refractivity contribution in [2.45, 2.75) is 69.2 Å². The number of fused-ring (bicyclic) bond motifs is 2. The lowest BCUT2D eigenvalue weighted by atomic mass is 9.64. The van der Waals surface area contributed by atoms with E-state index in [4.69, 9.17) is 4.43 Å². The Bertz CT molecular complexity index is 1020. The lowest BCUT2D eigenvalue weighted by molar-refractivity contribution is -0.114. The van der Waals surface area contributed by atoms with Crippen molar-refractivity contribution >= 4 is 19.9 Å². The topological polar surface area (TPSA) is 32.8 Å². The second kappa shape index (κ2) is 7.54. The third-order valence-corrected chi connectivity index (χ3v) is 13.2. The number of carbonyl (C=O) groups excluding carboxylic acids is 1. The molecule has 4 nitrogen and oxygen atoms in total. The molecule has 0 radical (unpaired) electrons. The molecule has 0 saturated carbocycles. The number of amides is 1. The van der Waals surface area contributed by atoms with Gasteiger partial charge in [-0.15, -0.1) is 0 Å². The minimum Gasteiger partial charge on any atom is -0.413 e. The third-order valence-electron chi connectivity index (χ3n) is 8.66. The Morgan fingerprint density at radius 3 is 2.75 bits per heavy atom. The zero-order chi connectivity index (χ0) is 22.7. The number of para-hydroxylation sites is 1. The molecule has 0 N–H and O–H groups in total. The second-order valence-corrected chi connectivity index (χ2v) is 16.1. The minimum absolute atomic E-state index is 0.00652. The maximum absolute atomic E-state index is 12.9. The van der Waals surface area contributed by atoms with E-state index in [0.717, 1.165) is 31.6 Å². The van der Waals surface area contributed by atoms with Crippen LogP contribution < -0.4 is 4.90 Å². The first kappa shape index (κ1) is 21.9. The average molecular weight is 449 g/mol. The molecule has 1 saturated heterocycles. The van der Waals surface area contributed by atoms with E-state index < -0.39 is 8.32 Å². The molecule has 1 aromatic rings. The van der Waals surface area contributed by atoms with Crippen molar-refractivity contribution in [1.82, 2.24) is 4.90 Å². The molecule has 3 atom stereocenters. The van der Waals surface area contributed by atoms with Gasteiger partial charge < -0.3 is 9.33 Å². The summed E-state index contributed by atoms with van der Waals surface area (Å²) >= 11 is 0. The van der Waals surface area contributed by atoms with Gasteiger partial charge in [-0.3, -0.25) is 9.69 Å². The standard InChI is InChI=1S/C27H36N2O2Si/c1-26(2,3)32(4,5)31-19-9-8-17-28-18-16-27-21-10-6-7-11-22(21)29-24(30)15-13-20(25(27)29)12-14-23(27)28/h6-13,15,23,25H,14,16-19H2,1-5H3/b9-8+/t23-,25-,27+/m0/s1. The molecule has 3 aliphatic heterocycles. The Morgan fingerprint density at radius 1 is 1.19 bits per heavy atom. The van der Waals surface area contributed by atoms with Gasteiger partial charge in [0.2, 0.25) is 0 Å². The van der Waals surface area contributed by atoms with Gasteiger partial charge in [-0.25, -0.2) is 0 Å². The summed E-state index contributed by atoms with van der Waals surface area (Å²) in [7, 11) is -1.71. The molecule has 1 aromatic carbocycles. The van der Waals surface area contributed by atoms with E-state index in [0.29, 0.717) is 12.6 Å². The summed E-state index contributed by atoms with van der Waals surface area (Å²) in [6.45, 7) is 14.2. The highest BCUT2D eigenvalue weighted by Crippen LogP contribution is 2.59. The summed E-state index contributed by atoms with van der Waals surface area (Å²) in [5.41, 5.74) is 3.81. The van der Waals surface area contributed by atoms with Crippen LogP contribution in [0.3, 0.4) is 0 Å². The summed E-state index contributed by atoms with van der Waals surface area (Å²) in [4.78, 5) is 17.6. The summed E-state index contributed by atoms with van der Waals surface area (Å²) < 4.78 is 6.31. The molecule has 4 aliphatic rings. The maximum atomic E-state index is 12.9. The molecule has 5 heteroatoms. The number of benzene rings is 1. The van der Waals surface area contributed by atoms with Crippen LogP contribution in [-0.4, -0.2) is 50.9 Å². The molecule has 3 heterocycles. The van der Waals surface area contributed by atoms with E-state index in [1.54, 1.807) is 6.08 Å². The highest BCUT2D eigenvalue weighted by Gasteiger charge is 2.62. The first-order valence-electron chi connectivity index (χ1n) is 12.0. The van der Waals surface area contributed by atoms with Crippen LogP contribution in [0.5, 0.6) is 0 Å². The Balaban J connectivity index is 1.36. The van der Waals surface area contributed by atoms with E-state index in [1.165, 1.54) is 11.1 Å². The van der Waals surface area contributed by atoms with E-state index in [2.05, 4.69) is 92.2 Å². The van der Waals surface area contributed by atoms with Crippen LogP contribution in [0.1, 0.15) is 39.2 Å². The van der Waals surface area contributed by atoms with Crippen LogP contribution in [0.2, 0.25) is 18.1 Å². The fraction of sp³-hybridized carbons (Fsp3) is 0.519. The molecule has 0 bridgehead atoms. The van der Waals surface area contributed by atoms with E-state index in [-0.39, 0.29) is 22.4 Å². The van der Waals surface area contributed by atoms with Gasteiger partial charge in [-0.1, -0.05) is 63.3 Å². The monoisotopic (exact) mass is 448 g/mol. The molecular formula is C27H36N2O2Si. The van der Waals surface area contributed by atoms with Crippen LogP contribution >= 0.6 is 0 Å². The van der Waals surface area contributed by atoms with E-state index in [1.807, 2.05) is 0 Å². The Kier molecular flexibility index (Phi) is 5.15. The fourth-order valence-corrected chi connectivity index (χ4v) is 6.94. The Morgan fingerprint density at radius 2 is 1.97 bits per heavy atom. The van der Waals surface area contributed by atoms with Crippen molar-refractivity contribution in [1.29, 1.82) is 0 Å². The smallest absolute Gasteiger partial charge is 0.251 e. The first-order chi connectivity index (χ1) is 15.2.